The summed E-state index contributed by atoms with van der Waals surface area (Å²) in [6, 6.07) is 10.2. The van der Waals surface area contributed by atoms with Crippen LogP contribution in [0.5, 0.6) is 0 Å². The first-order chi connectivity index (χ1) is 9.77. The zero-order chi connectivity index (χ0) is 14.2. The van der Waals surface area contributed by atoms with Gasteiger partial charge in [-0.05, 0) is 31.4 Å². The Bertz CT molecular complexity index is 442. The smallest absolute Gasteiger partial charge is 0.309 e. The van der Waals surface area contributed by atoms with Crippen molar-refractivity contribution in [3.8, 4) is 0 Å². The third kappa shape index (κ3) is 4.49. The fourth-order valence-electron chi connectivity index (χ4n) is 2.28. The normalized spacial score (nSPS) is 26.9. The van der Waals surface area contributed by atoms with Crippen molar-refractivity contribution in [1.29, 1.82) is 0 Å². The fourth-order valence-corrected chi connectivity index (χ4v) is 2.28. The summed E-state index contributed by atoms with van der Waals surface area (Å²) in [5, 5.41) is 3.48. The number of carbonyl (C=O) groups is 1. The summed E-state index contributed by atoms with van der Waals surface area (Å²) in [4.78, 5) is 11.9. The molecule has 0 saturated carbocycles. The largest absolute Gasteiger partial charge is 0.463 e. The lowest BCUT2D eigenvalue weighted by Crippen LogP contribution is -2.29. The number of hydrogen-bond acceptors (Lipinski definition) is 3. The Hall–Kier alpha value is -1.61. The lowest BCUT2D eigenvalue weighted by atomic mass is 10.1. The van der Waals surface area contributed by atoms with E-state index in [4.69, 9.17) is 4.74 Å². The monoisotopic (exact) mass is 273 g/mol. The number of hydrogen-bond donors (Lipinski definition) is 1. The molecule has 0 spiro atoms. The van der Waals surface area contributed by atoms with Gasteiger partial charge in [-0.3, -0.25) is 4.79 Å². The van der Waals surface area contributed by atoms with E-state index in [0.29, 0.717) is 6.61 Å². The minimum absolute atomic E-state index is 0.0675. The summed E-state index contributed by atoms with van der Waals surface area (Å²) < 4.78 is 5.46. The number of cyclic esters (lactones) is 1. The molecular formula is C17H23NO2. The third-order valence-corrected chi connectivity index (χ3v) is 3.59. The van der Waals surface area contributed by atoms with Gasteiger partial charge in [0, 0.05) is 0 Å². The molecule has 1 aliphatic heterocycles. The quantitative estimate of drug-likeness (QED) is 0.630. The van der Waals surface area contributed by atoms with Crippen LogP contribution >= 0.6 is 0 Å². The molecule has 3 nitrogen and oxygen atoms in total. The highest BCUT2D eigenvalue weighted by Gasteiger charge is 2.17. The standard InChI is InChI=1S/C17H23NO2/c1-14-9-5-2-3-8-12-18-16(13-20-17(14)19)15-10-6-4-7-11-15/h2,4-7,10-11,14,16,18H,3,8-9,12-13H2,1H3/b5-2+/t14-,16?/m0/s1. The van der Waals surface area contributed by atoms with Crippen LogP contribution in [0.1, 0.15) is 37.8 Å². The van der Waals surface area contributed by atoms with Crippen LogP contribution in [-0.4, -0.2) is 19.1 Å². The van der Waals surface area contributed by atoms with Crippen molar-refractivity contribution in [3.63, 3.8) is 0 Å². The van der Waals surface area contributed by atoms with E-state index in [1.165, 1.54) is 5.56 Å². The second-order valence-electron chi connectivity index (χ2n) is 5.30. The van der Waals surface area contributed by atoms with E-state index in [2.05, 4.69) is 29.6 Å². The molecular weight excluding hydrogens is 250 g/mol. The van der Waals surface area contributed by atoms with Gasteiger partial charge in [0.25, 0.3) is 0 Å². The predicted molar refractivity (Wildman–Crippen MR) is 80.3 cm³/mol. The lowest BCUT2D eigenvalue weighted by molar-refractivity contribution is -0.148. The maximum atomic E-state index is 11.9. The van der Waals surface area contributed by atoms with Crippen LogP contribution < -0.4 is 5.32 Å². The Morgan fingerprint density at radius 3 is 2.80 bits per heavy atom. The topological polar surface area (TPSA) is 38.3 Å². The minimum Gasteiger partial charge on any atom is -0.463 e. The molecule has 1 heterocycles. The molecule has 1 aromatic rings. The summed E-state index contributed by atoms with van der Waals surface area (Å²) in [6.07, 6.45) is 7.16. The second-order valence-corrected chi connectivity index (χ2v) is 5.30. The maximum absolute atomic E-state index is 11.9. The molecule has 0 radical (unpaired) electrons. The maximum Gasteiger partial charge on any atom is 0.309 e. The zero-order valence-electron chi connectivity index (χ0n) is 12.0. The summed E-state index contributed by atoms with van der Waals surface area (Å²) in [5.41, 5.74) is 1.17. The van der Waals surface area contributed by atoms with Gasteiger partial charge in [-0.15, -0.1) is 0 Å². The average molecular weight is 273 g/mol. The van der Waals surface area contributed by atoms with Crippen molar-refractivity contribution in [2.75, 3.05) is 13.2 Å². The van der Waals surface area contributed by atoms with Crippen molar-refractivity contribution < 1.29 is 9.53 Å². The van der Waals surface area contributed by atoms with Gasteiger partial charge >= 0.3 is 5.97 Å². The highest BCUT2D eigenvalue weighted by Crippen LogP contribution is 2.15. The number of ether oxygens (including phenoxy) is 1. The zero-order valence-corrected chi connectivity index (χ0v) is 12.0. The molecule has 0 amide bonds. The molecule has 1 N–H and O–H groups in total. The van der Waals surface area contributed by atoms with E-state index in [0.717, 1.165) is 25.8 Å². The number of nitrogens with one attached hydrogen (secondary N) is 1. The Balaban J connectivity index is 2.04. The molecule has 0 aromatic heterocycles. The van der Waals surface area contributed by atoms with Crippen LogP contribution in [0.2, 0.25) is 0 Å². The van der Waals surface area contributed by atoms with Gasteiger partial charge in [-0.1, -0.05) is 49.4 Å². The highest BCUT2D eigenvalue weighted by atomic mass is 16.5. The predicted octanol–water partition coefficient (Wildman–Crippen LogP) is 3.24. The first kappa shape index (κ1) is 14.8. The summed E-state index contributed by atoms with van der Waals surface area (Å²) in [5.74, 6) is -0.181. The number of benzene rings is 1. The Kier molecular flexibility index (Phi) is 5.81. The Morgan fingerprint density at radius 2 is 2.00 bits per heavy atom. The molecule has 1 aromatic carbocycles. The molecule has 0 saturated heterocycles. The molecule has 1 aliphatic rings. The van der Waals surface area contributed by atoms with E-state index in [-0.39, 0.29) is 17.9 Å². The highest BCUT2D eigenvalue weighted by molar-refractivity contribution is 5.72. The number of carbonyl (C=O) groups excluding carboxylic acids is 1. The molecule has 0 bridgehead atoms. The van der Waals surface area contributed by atoms with Gasteiger partial charge < -0.3 is 10.1 Å². The fraction of sp³-hybridized carbons (Fsp3) is 0.471. The molecule has 3 heteroatoms. The molecule has 108 valence electrons. The molecule has 0 aliphatic carbocycles. The van der Waals surface area contributed by atoms with Crippen LogP contribution in [0.15, 0.2) is 42.5 Å². The van der Waals surface area contributed by atoms with Crippen molar-refractivity contribution in [3.05, 3.63) is 48.0 Å². The van der Waals surface area contributed by atoms with Gasteiger partial charge in [0.05, 0.1) is 12.0 Å². The Morgan fingerprint density at radius 1 is 1.20 bits per heavy atom. The van der Waals surface area contributed by atoms with Crippen LogP contribution in [0, 0.1) is 5.92 Å². The van der Waals surface area contributed by atoms with E-state index in [1.54, 1.807) is 0 Å². The van der Waals surface area contributed by atoms with Crippen molar-refractivity contribution in [1.82, 2.24) is 5.32 Å². The van der Waals surface area contributed by atoms with E-state index >= 15 is 0 Å². The van der Waals surface area contributed by atoms with E-state index in [9.17, 15) is 4.79 Å². The van der Waals surface area contributed by atoms with Gasteiger partial charge in [0.2, 0.25) is 0 Å². The van der Waals surface area contributed by atoms with Crippen LogP contribution in [-0.2, 0) is 9.53 Å². The minimum atomic E-state index is -0.113. The summed E-state index contributed by atoms with van der Waals surface area (Å²) >= 11 is 0. The Labute approximate surface area is 121 Å². The summed E-state index contributed by atoms with van der Waals surface area (Å²) in [7, 11) is 0. The first-order valence-electron chi connectivity index (χ1n) is 7.37. The van der Waals surface area contributed by atoms with Crippen molar-refractivity contribution >= 4 is 5.97 Å². The van der Waals surface area contributed by atoms with Gasteiger partial charge in [-0.25, -0.2) is 0 Å². The molecule has 1 unspecified atom stereocenters. The number of allylic oxidation sites excluding steroid dienone is 2. The first-order valence-corrected chi connectivity index (χ1v) is 7.37. The van der Waals surface area contributed by atoms with Crippen LogP contribution in [0.3, 0.4) is 0 Å². The third-order valence-electron chi connectivity index (χ3n) is 3.59. The number of rotatable bonds is 1. The number of esters is 1. The van der Waals surface area contributed by atoms with Crippen molar-refractivity contribution in [2.45, 2.75) is 32.2 Å². The van der Waals surface area contributed by atoms with Gasteiger partial charge in [-0.2, -0.15) is 0 Å². The average Bonchev–Trinajstić information content (AvgIpc) is 2.48. The van der Waals surface area contributed by atoms with Crippen molar-refractivity contribution in [2.24, 2.45) is 5.92 Å². The molecule has 2 rings (SSSR count). The molecule has 2 atom stereocenters. The summed E-state index contributed by atoms with van der Waals surface area (Å²) in [6.45, 7) is 3.25. The SMILES string of the molecule is C[C@H]1C/C=C/CCCNC(c2ccccc2)COC1=O. The van der Waals surface area contributed by atoms with Gasteiger partial charge in [0.15, 0.2) is 0 Å². The molecule has 20 heavy (non-hydrogen) atoms. The lowest BCUT2D eigenvalue weighted by Gasteiger charge is -2.20. The van der Waals surface area contributed by atoms with Crippen LogP contribution in [0.25, 0.3) is 0 Å². The van der Waals surface area contributed by atoms with E-state index in [1.807, 2.05) is 25.1 Å². The second kappa shape index (κ2) is 7.85. The molecule has 0 fully saturated rings. The van der Waals surface area contributed by atoms with E-state index < -0.39 is 0 Å². The van der Waals surface area contributed by atoms with Gasteiger partial charge in [0.1, 0.15) is 6.61 Å². The van der Waals surface area contributed by atoms with Crippen LogP contribution in [0.4, 0.5) is 0 Å².